The molecule has 11 heteroatoms. The van der Waals surface area contributed by atoms with E-state index in [0.717, 1.165) is 0 Å². The van der Waals surface area contributed by atoms with Gasteiger partial charge in [-0.25, -0.2) is 16.8 Å². The SMILES string of the molecule is COc1ccc(S(=O)(=O)N2CCCN(S(=O)(=O)c3c(C)nn(C)c3C)CC2)cc1. The Hall–Kier alpha value is -1.95. The van der Waals surface area contributed by atoms with Crippen molar-refractivity contribution in [3.05, 3.63) is 35.7 Å². The van der Waals surface area contributed by atoms with E-state index < -0.39 is 20.0 Å². The van der Waals surface area contributed by atoms with Crippen LogP contribution in [0.5, 0.6) is 5.75 Å². The second kappa shape index (κ2) is 8.05. The van der Waals surface area contributed by atoms with E-state index in [1.807, 2.05) is 0 Å². The molecule has 0 spiro atoms. The minimum absolute atomic E-state index is 0.0888. The molecule has 2 heterocycles. The number of aryl methyl sites for hydroxylation is 2. The first kappa shape index (κ1) is 21.8. The second-order valence-corrected chi connectivity index (χ2v) is 10.8. The number of rotatable bonds is 5. The van der Waals surface area contributed by atoms with Crippen molar-refractivity contribution < 1.29 is 21.6 Å². The van der Waals surface area contributed by atoms with Gasteiger partial charge in [0.2, 0.25) is 20.0 Å². The van der Waals surface area contributed by atoms with Crippen LogP contribution in [0.3, 0.4) is 0 Å². The lowest BCUT2D eigenvalue weighted by Gasteiger charge is -2.22. The Morgan fingerprint density at radius 2 is 1.45 bits per heavy atom. The van der Waals surface area contributed by atoms with Gasteiger partial charge in [0, 0.05) is 33.2 Å². The maximum Gasteiger partial charge on any atom is 0.246 e. The van der Waals surface area contributed by atoms with Gasteiger partial charge in [-0.15, -0.1) is 0 Å². The van der Waals surface area contributed by atoms with Gasteiger partial charge in [-0.2, -0.15) is 13.7 Å². The molecule has 29 heavy (non-hydrogen) atoms. The zero-order chi connectivity index (χ0) is 21.4. The number of methoxy groups -OCH3 is 1. The molecule has 0 atom stereocenters. The predicted molar refractivity (Wildman–Crippen MR) is 108 cm³/mol. The molecule has 2 aromatic rings. The Kier molecular flexibility index (Phi) is 6.04. The second-order valence-electron chi connectivity index (χ2n) is 6.96. The quantitative estimate of drug-likeness (QED) is 0.688. The average molecular weight is 443 g/mol. The average Bonchev–Trinajstić information content (AvgIpc) is 2.85. The van der Waals surface area contributed by atoms with Crippen LogP contribution in [0.4, 0.5) is 0 Å². The molecular weight excluding hydrogens is 416 g/mol. The Morgan fingerprint density at radius 1 is 0.897 bits per heavy atom. The molecule has 3 rings (SSSR count). The van der Waals surface area contributed by atoms with E-state index in [1.165, 1.54) is 27.9 Å². The van der Waals surface area contributed by atoms with Crippen molar-refractivity contribution in [1.29, 1.82) is 0 Å². The molecule has 0 radical (unpaired) electrons. The van der Waals surface area contributed by atoms with Gasteiger partial charge in [-0.1, -0.05) is 0 Å². The van der Waals surface area contributed by atoms with Crippen LogP contribution < -0.4 is 4.74 Å². The molecule has 0 amide bonds. The van der Waals surface area contributed by atoms with Gasteiger partial charge in [-0.3, -0.25) is 4.68 Å². The van der Waals surface area contributed by atoms with Gasteiger partial charge < -0.3 is 4.74 Å². The van der Waals surface area contributed by atoms with Crippen LogP contribution in [0.2, 0.25) is 0 Å². The first-order chi connectivity index (χ1) is 13.6. The van der Waals surface area contributed by atoms with Crippen LogP contribution in [-0.4, -0.2) is 68.5 Å². The summed E-state index contributed by atoms with van der Waals surface area (Å²) in [6, 6.07) is 6.18. The van der Waals surface area contributed by atoms with Crippen LogP contribution >= 0.6 is 0 Å². The lowest BCUT2D eigenvalue weighted by Crippen LogP contribution is -2.37. The van der Waals surface area contributed by atoms with Crippen molar-refractivity contribution in [2.75, 3.05) is 33.3 Å². The summed E-state index contributed by atoms with van der Waals surface area (Å²) in [5, 5.41) is 4.20. The fraction of sp³-hybridized carbons (Fsp3) is 0.500. The first-order valence-electron chi connectivity index (χ1n) is 9.23. The Labute approximate surface area is 172 Å². The highest BCUT2D eigenvalue weighted by Gasteiger charge is 2.34. The van der Waals surface area contributed by atoms with Crippen molar-refractivity contribution in [3.8, 4) is 5.75 Å². The molecule has 0 unspecified atom stereocenters. The molecule has 1 aromatic carbocycles. The molecule has 1 aliphatic rings. The fourth-order valence-corrected chi connectivity index (χ4v) is 6.84. The molecular formula is C18H26N4O5S2. The number of aromatic nitrogens is 2. The van der Waals surface area contributed by atoms with Crippen molar-refractivity contribution >= 4 is 20.0 Å². The van der Waals surface area contributed by atoms with E-state index in [1.54, 1.807) is 37.7 Å². The van der Waals surface area contributed by atoms with Crippen molar-refractivity contribution in [2.24, 2.45) is 7.05 Å². The lowest BCUT2D eigenvalue weighted by molar-refractivity contribution is 0.403. The number of nitrogens with zero attached hydrogens (tertiary/aromatic N) is 4. The standard InChI is InChI=1S/C18H26N4O5S2/c1-14-18(15(2)20(3)19-14)29(25,26)22-11-5-10-21(12-13-22)28(23,24)17-8-6-16(27-4)7-9-17/h6-9H,5,10-13H2,1-4H3. The summed E-state index contributed by atoms with van der Waals surface area (Å²) in [5.74, 6) is 0.569. The summed E-state index contributed by atoms with van der Waals surface area (Å²) in [5.41, 5.74) is 1.01. The third kappa shape index (κ3) is 4.04. The highest BCUT2D eigenvalue weighted by molar-refractivity contribution is 7.89. The highest BCUT2D eigenvalue weighted by Crippen LogP contribution is 2.26. The summed E-state index contributed by atoms with van der Waals surface area (Å²) < 4.78 is 61.6. The molecule has 1 aromatic heterocycles. The molecule has 9 nitrogen and oxygen atoms in total. The van der Waals surface area contributed by atoms with Gasteiger partial charge >= 0.3 is 0 Å². The summed E-state index contributed by atoms with van der Waals surface area (Å²) in [6.07, 6.45) is 0.410. The van der Waals surface area contributed by atoms with Gasteiger partial charge in [0.05, 0.1) is 23.4 Å². The Bertz CT molecular complexity index is 1090. The normalized spacial score (nSPS) is 17.2. The van der Waals surface area contributed by atoms with Crippen molar-refractivity contribution in [1.82, 2.24) is 18.4 Å². The highest BCUT2D eigenvalue weighted by atomic mass is 32.2. The molecule has 0 N–H and O–H groups in total. The zero-order valence-corrected chi connectivity index (χ0v) is 18.6. The number of ether oxygens (including phenoxy) is 1. The summed E-state index contributed by atoms with van der Waals surface area (Å²) >= 11 is 0. The minimum Gasteiger partial charge on any atom is -0.497 e. The van der Waals surface area contributed by atoms with Crippen LogP contribution in [0.1, 0.15) is 17.8 Å². The Morgan fingerprint density at radius 3 is 1.93 bits per heavy atom. The van der Waals surface area contributed by atoms with E-state index in [-0.39, 0.29) is 36.0 Å². The molecule has 0 aliphatic carbocycles. The summed E-state index contributed by atoms with van der Waals surface area (Å²) in [4.78, 5) is 0.361. The number of sulfonamides is 2. The summed E-state index contributed by atoms with van der Waals surface area (Å²) in [6.45, 7) is 4.07. The number of benzene rings is 1. The van der Waals surface area contributed by atoms with Gasteiger partial charge in [-0.05, 0) is 44.5 Å². The minimum atomic E-state index is -3.76. The zero-order valence-electron chi connectivity index (χ0n) is 17.0. The van der Waals surface area contributed by atoms with Gasteiger partial charge in [0.15, 0.2) is 0 Å². The van der Waals surface area contributed by atoms with Crippen molar-refractivity contribution in [2.45, 2.75) is 30.1 Å². The maximum atomic E-state index is 13.2. The van der Waals surface area contributed by atoms with E-state index in [9.17, 15) is 16.8 Å². The van der Waals surface area contributed by atoms with E-state index in [4.69, 9.17) is 4.74 Å². The third-order valence-corrected chi connectivity index (χ3v) is 9.22. The Balaban J connectivity index is 1.82. The van der Waals surface area contributed by atoms with Gasteiger partial charge in [0.25, 0.3) is 0 Å². The van der Waals surface area contributed by atoms with Crippen LogP contribution in [0.15, 0.2) is 34.1 Å². The number of hydrogen-bond donors (Lipinski definition) is 0. The molecule has 1 fully saturated rings. The number of hydrogen-bond acceptors (Lipinski definition) is 6. The van der Waals surface area contributed by atoms with E-state index >= 15 is 0 Å². The van der Waals surface area contributed by atoms with E-state index in [0.29, 0.717) is 23.6 Å². The molecule has 0 saturated carbocycles. The van der Waals surface area contributed by atoms with Crippen LogP contribution in [0, 0.1) is 13.8 Å². The molecule has 1 saturated heterocycles. The van der Waals surface area contributed by atoms with Crippen LogP contribution in [-0.2, 0) is 27.1 Å². The smallest absolute Gasteiger partial charge is 0.246 e. The summed E-state index contributed by atoms with van der Waals surface area (Å²) in [7, 11) is -4.26. The van der Waals surface area contributed by atoms with E-state index in [2.05, 4.69) is 5.10 Å². The topological polar surface area (TPSA) is 102 Å². The van der Waals surface area contributed by atoms with Gasteiger partial charge in [0.1, 0.15) is 10.6 Å². The van der Waals surface area contributed by atoms with Crippen LogP contribution in [0.25, 0.3) is 0 Å². The van der Waals surface area contributed by atoms with Crippen molar-refractivity contribution in [3.63, 3.8) is 0 Å². The monoisotopic (exact) mass is 442 g/mol. The maximum absolute atomic E-state index is 13.2. The first-order valence-corrected chi connectivity index (χ1v) is 12.1. The molecule has 1 aliphatic heterocycles. The lowest BCUT2D eigenvalue weighted by atomic mass is 10.3. The largest absolute Gasteiger partial charge is 0.497 e. The fourth-order valence-electron chi connectivity index (χ4n) is 3.50. The third-order valence-electron chi connectivity index (χ3n) is 5.15. The molecule has 0 bridgehead atoms. The molecule has 160 valence electrons. The predicted octanol–water partition coefficient (Wildman–Crippen LogP) is 1.13.